The van der Waals surface area contributed by atoms with E-state index < -0.39 is 16.6 Å². The Morgan fingerprint density at radius 2 is 1.35 bits per heavy atom. The lowest BCUT2D eigenvalue weighted by Gasteiger charge is -2.47. The highest BCUT2D eigenvalue weighted by molar-refractivity contribution is 6.74. The number of carbonyl (C=O) groups excluding carboxylic acids is 1. The van der Waals surface area contributed by atoms with Gasteiger partial charge in [-0.05, 0) is 49.1 Å². The van der Waals surface area contributed by atoms with Gasteiger partial charge in [-0.25, -0.2) is 0 Å². The average molecular weight is 399 g/mol. The maximum Gasteiger partial charge on any atom is 0.192 e. The summed E-state index contributed by atoms with van der Waals surface area (Å²) in [6.45, 7) is 23.0. The van der Waals surface area contributed by atoms with Crippen molar-refractivity contribution in [1.82, 2.24) is 0 Å². The molecule has 0 saturated heterocycles. The zero-order chi connectivity index (χ0) is 20.2. The van der Waals surface area contributed by atoms with Crippen LogP contribution in [0.5, 0.6) is 0 Å². The van der Waals surface area contributed by atoms with E-state index in [2.05, 4.69) is 67.7 Å². The Morgan fingerprint density at radius 3 is 1.81 bits per heavy atom. The van der Waals surface area contributed by atoms with Crippen LogP contribution in [0, 0.1) is 5.41 Å². The molecule has 0 bridgehead atoms. The summed E-state index contributed by atoms with van der Waals surface area (Å²) in [4.78, 5) is 12.5. The van der Waals surface area contributed by atoms with Crippen LogP contribution >= 0.6 is 0 Å². The molecule has 1 spiro atoms. The number of hydrogen-bond donors (Lipinski definition) is 0. The summed E-state index contributed by atoms with van der Waals surface area (Å²) in [5, 5.41) is 0.351. The van der Waals surface area contributed by atoms with Crippen molar-refractivity contribution in [3.05, 3.63) is 0 Å². The van der Waals surface area contributed by atoms with Crippen molar-refractivity contribution in [3.63, 3.8) is 0 Å². The first-order valence-corrected chi connectivity index (χ1v) is 16.2. The second kappa shape index (κ2) is 6.82. The highest BCUT2D eigenvalue weighted by Gasteiger charge is 2.58. The monoisotopic (exact) mass is 398 g/mol. The van der Waals surface area contributed by atoms with Gasteiger partial charge in [0.25, 0.3) is 0 Å². The molecule has 2 fully saturated rings. The van der Waals surface area contributed by atoms with Gasteiger partial charge < -0.3 is 8.85 Å². The summed E-state index contributed by atoms with van der Waals surface area (Å²) in [5.41, 5.74) is -0.0812. The standard InChI is InChI=1S/C21H42O3Si2/c1-19(2,3)25(7,8)23-17-12-11-13-21(17)15-16(22)14-18(21)24-26(9,10)20(4,5)6/h17-18H,11-15H2,1-10H3/t17-,18+,21?/m1/s1. The van der Waals surface area contributed by atoms with E-state index in [0.717, 1.165) is 19.3 Å². The van der Waals surface area contributed by atoms with Gasteiger partial charge in [0, 0.05) is 18.3 Å². The van der Waals surface area contributed by atoms with Crippen molar-refractivity contribution < 1.29 is 13.6 Å². The Labute approximate surface area is 163 Å². The predicted octanol–water partition coefficient (Wildman–Crippen LogP) is 6.30. The van der Waals surface area contributed by atoms with Gasteiger partial charge in [-0.1, -0.05) is 48.0 Å². The minimum Gasteiger partial charge on any atom is -0.413 e. The van der Waals surface area contributed by atoms with Gasteiger partial charge in [0.15, 0.2) is 16.6 Å². The molecule has 2 aliphatic rings. The highest BCUT2D eigenvalue weighted by atomic mass is 28.4. The summed E-state index contributed by atoms with van der Waals surface area (Å²) in [5.74, 6) is 0.374. The number of carbonyl (C=O) groups is 1. The Morgan fingerprint density at radius 1 is 0.885 bits per heavy atom. The molecule has 3 nitrogen and oxygen atoms in total. The van der Waals surface area contributed by atoms with Crippen molar-refractivity contribution in [1.29, 1.82) is 0 Å². The van der Waals surface area contributed by atoms with Crippen LogP contribution in [0.3, 0.4) is 0 Å². The molecule has 26 heavy (non-hydrogen) atoms. The second-order valence-corrected chi connectivity index (χ2v) is 21.3. The van der Waals surface area contributed by atoms with Crippen molar-refractivity contribution in [2.24, 2.45) is 5.41 Å². The molecule has 0 amide bonds. The predicted molar refractivity (Wildman–Crippen MR) is 115 cm³/mol. The number of Topliss-reactive ketones (excluding diaryl/α,β-unsaturated/α-hetero) is 1. The van der Waals surface area contributed by atoms with Crippen LogP contribution < -0.4 is 0 Å². The Hall–Kier alpha value is 0.0238. The van der Waals surface area contributed by atoms with Gasteiger partial charge in [0.2, 0.25) is 0 Å². The fraction of sp³-hybridized carbons (Fsp3) is 0.952. The van der Waals surface area contributed by atoms with Crippen LogP contribution in [0.25, 0.3) is 0 Å². The summed E-state index contributed by atoms with van der Waals surface area (Å²) in [6.07, 6.45) is 4.80. The van der Waals surface area contributed by atoms with E-state index in [-0.39, 0.29) is 27.7 Å². The molecule has 152 valence electrons. The molecule has 1 unspecified atom stereocenters. The largest absolute Gasteiger partial charge is 0.413 e. The molecule has 0 N–H and O–H groups in total. The molecule has 0 aromatic rings. The van der Waals surface area contributed by atoms with Crippen molar-refractivity contribution in [3.8, 4) is 0 Å². The summed E-state index contributed by atoms with van der Waals surface area (Å²) < 4.78 is 13.8. The second-order valence-electron chi connectivity index (χ2n) is 11.8. The third-order valence-electron chi connectivity index (χ3n) is 7.82. The van der Waals surface area contributed by atoms with E-state index in [1.54, 1.807) is 0 Å². The van der Waals surface area contributed by atoms with Crippen LogP contribution in [0.4, 0.5) is 0 Å². The van der Waals surface area contributed by atoms with E-state index >= 15 is 0 Å². The number of rotatable bonds is 4. The maximum absolute atomic E-state index is 12.5. The van der Waals surface area contributed by atoms with Gasteiger partial charge in [-0.2, -0.15) is 0 Å². The third-order valence-corrected chi connectivity index (χ3v) is 16.8. The van der Waals surface area contributed by atoms with Crippen LogP contribution in [0.2, 0.25) is 36.3 Å². The molecule has 0 aromatic heterocycles. The first-order chi connectivity index (χ1) is 11.5. The minimum atomic E-state index is -1.91. The molecule has 2 rings (SSSR count). The van der Waals surface area contributed by atoms with Crippen molar-refractivity contribution >= 4 is 22.4 Å². The average Bonchev–Trinajstić information content (AvgIpc) is 2.91. The molecule has 0 radical (unpaired) electrons. The van der Waals surface area contributed by atoms with Gasteiger partial charge in [-0.15, -0.1) is 0 Å². The van der Waals surface area contributed by atoms with Gasteiger partial charge in [0.05, 0.1) is 12.2 Å². The van der Waals surface area contributed by atoms with Crippen LogP contribution in [0.1, 0.15) is 73.6 Å². The molecule has 0 heterocycles. The first-order valence-electron chi connectivity index (χ1n) is 10.4. The molecule has 3 atom stereocenters. The van der Waals surface area contributed by atoms with Crippen molar-refractivity contribution in [2.45, 2.75) is 122 Å². The molecular formula is C21H42O3Si2. The fourth-order valence-corrected chi connectivity index (χ4v) is 6.80. The van der Waals surface area contributed by atoms with Gasteiger partial charge in [0.1, 0.15) is 5.78 Å². The zero-order valence-electron chi connectivity index (χ0n) is 18.9. The Kier molecular flexibility index (Phi) is 5.85. The molecule has 5 heteroatoms. The smallest absolute Gasteiger partial charge is 0.192 e. The fourth-order valence-electron chi connectivity index (χ4n) is 4.00. The van der Waals surface area contributed by atoms with E-state index in [4.69, 9.17) is 8.85 Å². The number of hydrogen-bond acceptors (Lipinski definition) is 3. The van der Waals surface area contributed by atoms with Crippen LogP contribution in [-0.2, 0) is 13.6 Å². The van der Waals surface area contributed by atoms with E-state index in [0.29, 0.717) is 18.6 Å². The zero-order valence-corrected chi connectivity index (χ0v) is 20.9. The molecule has 2 aliphatic carbocycles. The topological polar surface area (TPSA) is 35.5 Å². The van der Waals surface area contributed by atoms with Gasteiger partial charge in [-0.3, -0.25) is 4.79 Å². The van der Waals surface area contributed by atoms with Crippen LogP contribution in [-0.4, -0.2) is 34.6 Å². The lowest BCUT2D eigenvalue weighted by Crippen LogP contribution is -2.53. The van der Waals surface area contributed by atoms with Crippen molar-refractivity contribution in [2.75, 3.05) is 0 Å². The maximum atomic E-state index is 12.5. The molecule has 2 saturated carbocycles. The molecule has 0 aromatic carbocycles. The normalized spacial score (nSPS) is 31.2. The SMILES string of the molecule is CC(C)(C)[Si](C)(C)O[C@H]1CC(=O)CC12CCC[C@H]2O[Si](C)(C)C(C)(C)C. The minimum absolute atomic E-state index is 0.0492. The lowest BCUT2D eigenvalue weighted by atomic mass is 9.80. The Balaban J connectivity index is 2.30. The van der Waals surface area contributed by atoms with E-state index in [9.17, 15) is 4.79 Å². The van der Waals surface area contributed by atoms with E-state index in [1.165, 1.54) is 0 Å². The van der Waals surface area contributed by atoms with Crippen LogP contribution in [0.15, 0.2) is 0 Å². The Bertz CT molecular complexity index is 542. The quantitative estimate of drug-likeness (QED) is 0.521. The third kappa shape index (κ3) is 4.06. The van der Waals surface area contributed by atoms with Gasteiger partial charge >= 0.3 is 0 Å². The summed E-state index contributed by atoms with van der Waals surface area (Å²) >= 11 is 0. The highest BCUT2D eigenvalue weighted by Crippen LogP contribution is 2.55. The molecule has 0 aliphatic heterocycles. The lowest BCUT2D eigenvalue weighted by molar-refractivity contribution is -0.118. The van der Waals surface area contributed by atoms with E-state index in [1.807, 2.05) is 0 Å². The summed E-state index contributed by atoms with van der Waals surface area (Å²) in [7, 11) is -3.78. The number of ketones is 1. The molecular weight excluding hydrogens is 356 g/mol. The first kappa shape index (κ1) is 22.3. The summed E-state index contributed by atoms with van der Waals surface area (Å²) in [6, 6.07) is 0.